The third-order valence-corrected chi connectivity index (χ3v) is 2.42. The predicted octanol–water partition coefficient (Wildman–Crippen LogP) is -0.197. The molecule has 6 heteroatoms. The first-order valence-corrected chi connectivity index (χ1v) is 5.52. The fourth-order valence-corrected chi connectivity index (χ4v) is 1.63. The fourth-order valence-electron chi connectivity index (χ4n) is 1.63. The van der Waals surface area contributed by atoms with Crippen LogP contribution < -0.4 is 16.0 Å². The summed E-state index contributed by atoms with van der Waals surface area (Å²) in [5, 5.41) is 8.38. The van der Waals surface area contributed by atoms with E-state index in [1.165, 1.54) is 0 Å². The maximum Gasteiger partial charge on any atom is 0.239 e. The average Bonchev–Trinajstić information content (AvgIpc) is 2.27. The van der Waals surface area contributed by atoms with Gasteiger partial charge in [0.1, 0.15) is 0 Å². The van der Waals surface area contributed by atoms with Crippen LogP contribution in [0.5, 0.6) is 0 Å². The van der Waals surface area contributed by atoms with E-state index in [0.29, 0.717) is 6.54 Å². The minimum Gasteiger partial charge on any atom is -0.355 e. The van der Waals surface area contributed by atoms with Crippen molar-refractivity contribution < 1.29 is 9.59 Å². The van der Waals surface area contributed by atoms with Crippen LogP contribution in [0.2, 0.25) is 0 Å². The zero-order valence-corrected chi connectivity index (χ0v) is 10.4. The van der Waals surface area contributed by atoms with Gasteiger partial charge >= 0.3 is 0 Å². The lowest BCUT2D eigenvalue weighted by molar-refractivity contribution is -0.127. The van der Waals surface area contributed by atoms with Crippen LogP contribution >= 0.6 is 12.4 Å². The van der Waals surface area contributed by atoms with Crippen LogP contribution in [0.1, 0.15) is 26.2 Å². The minimum atomic E-state index is -0.137. The number of rotatable bonds is 4. The fraction of sp³-hybridized carbons (Fsp3) is 0.800. The molecule has 0 bridgehead atoms. The molecule has 16 heavy (non-hydrogen) atoms. The normalized spacial score (nSPS) is 19.4. The molecular formula is C10H20ClN3O2. The standard InChI is InChI=1S/C10H19N3O2.ClH/c1-2-11-9(14)7-13-10(15)8-5-3-4-6-12-8;/h8,12H,2-7H2,1H3,(H,11,14)(H,13,15);1H. The van der Waals surface area contributed by atoms with Gasteiger partial charge in [-0.05, 0) is 26.3 Å². The Morgan fingerprint density at radius 3 is 2.62 bits per heavy atom. The van der Waals surface area contributed by atoms with E-state index >= 15 is 0 Å². The first-order chi connectivity index (χ1) is 7.24. The molecule has 1 heterocycles. The molecule has 1 atom stereocenters. The van der Waals surface area contributed by atoms with E-state index in [0.717, 1.165) is 25.8 Å². The molecular weight excluding hydrogens is 230 g/mol. The van der Waals surface area contributed by atoms with Crippen molar-refractivity contribution in [2.24, 2.45) is 0 Å². The molecule has 1 aliphatic heterocycles. The van der Waals surface area contributed by atoms with Crippen molar-refractivity contribution in [3.05, 3.63) is 0 Å². The van der Waals surface area contributed by atoms with E-state index in [1.807, 2.05) is 6.92 Å². The number of nitrogens with one attached hydrogen (secondary N) is 3. The average molecular weight is 250 g/mol. The van der Waals surface area contributed by atoms with Crippen molar-refractivity contribution in [1.29, 1.82) is 0 Å². The summed E-state index contributed by atoms with van der Waals surface area (Å²) in [7, 11) is 0. The maximum absolute atomic E-state index is 11.6. The first-order valence-electron chi connectivity index (χ1n) is 5.52. The summed E-state index contributed by atoms with van der Waals surface area (Å²) in [6.07, 6.45) is 3.06. The summed E-state index contributed by atoms with van der Waals surface area (Å²) in [6, 6.07) is -0.117. The Hall–Kier alpha value is -0.810. The van der Waals surface area contributed by atoms with Gasteiger partial charge in [0.05, 0.1) is 12.6 Å². The molecule has 1 unspecified atom stereocenters. The molecule has 0 aromatic rings. The molecule has 1 fully saturated rings. The van der Waals surface area contributed by atoms with Crippen LogP contribution in [-0.2, 0) is 9.59 Å². The Kier molecular flexibility index (Phi) is 7.93. The molecule has 0 aliphatic carbocycles. The van der Waals surface area contributed by atoms with Gasteiger partial charge in [-0.1, -0.05) is 6.42 Å². The van der Waals surface area contributed by atoms with E-state index in [9.17, 15) is 9.59 Å². The van der Waals surface area contributed by atoms with Gasteiger partial charge in [-0.15, -0.1) is 12.4 Å². The molecule has 2 amide bonds. The third-order valence-electron chi connectivity index (χ3n) is 2.42. The zero-order chi connectivity index (χ0) is 11.1. The largest absolute Gasteiger partial charge is 0.355 e. The maximum atomic E-state index is 11.6. The molecule has 1 aliphatic rings. The molecule has 0 aromatic heterocycles. The summed E-state index contributed by atoms with van der Waals surface area (Å²) in [5.41, 5.74) is 0. The molecule has 0 aromatic carbocycles. The van der Waals surface area contributed by atoms with Gasteiger partial charge in [-0.25, -0.2) is 0 Å². The highest BCUT2D eigenvalue weighted by Gasteiger charge is 2.20. The van der Waals surface area contributed by atoms with E-state index in [2.05, 4.69) is 16.0 Å². The van der Waals surface area contributed by atoms with Crippen molar-refractivity contribution in [3.8, 4) is 0 Å². The lowest BCUT2D eigenvalue weighted by Gasteiger charge is -2.22. The molecule has 3 N–H and O–H groups in total. The Balaban J connectivity index is 0.00000225. The van der Waals surface area contributed by atoms with Crippen LogP contribution in [0.3, 0.4) is 0 Å². The summed E-state index contributed by atoms with van der Waals surface area (Å²) in [4.78, 5) is 22.6. The number of hydrogen-bond acceptors (Lipinski definition) is 3. The monoisotopic (exact) mass is 249 g/mol. The molecule has 0 spiro atoms. The topological polar surface area (TPSA) is 70.2 Å². The van der Waals surface area contributed by atoms with Crippen LogP contribution in [0.15, 0.2) is 0 Å². The third kappa shape index (κ3) is 5.32. The highest BCUT2D eigenvalue weighted by atomic mass is 35.5. The van der Waals surface area contributed by atoms with Crippen molar-refractivity contribution in [2.75, 3.05) is 19.6 Å². The highest BCUT2D eigenvalue weighted by Crippen LogP contribution is 2.06. The lowest BCUT2D eigenvalue weighted by atomic mass is 10.0. The van der Waals surface area contributed by atoms with E-state index < -0.39 is 0 Å². The molecule has 1 rings (SSSR count). The number of amides is 2. The number of carbonyl (C=O) groups excluding carboxylic acids is 2. The summed E-state index contributed by atoms with van der Waals surface area (Å²) in [6.45, 7) is 3.41. The Bertz CT molecular complexity index is 230. The number of carbonyl (C=O) groups is 2. The van der Waals surface area contributed by atoms with Crippen LogP contribution in [0, 0.1) is 0 Å². The van der Waals surface area contributed by atoms with Gasteiger partial charge in [0.2, 0.25) is 11.8 Å². The molecule has 1 saturated heterocycles. The number of halogens is 1. The summed E-state index contributed by atoms with van der Waals surface area (Å²) >= 11 is 0. The minimum absolute atomic E-state index is 0. The molecule has 0 saturated carbocycles. The SMILES string of the molecule is CCNC(=O)CNC(=O)C1CCCCN1.Cl. The molecule has 0 radical (unpaired) electrons. The van der Waals surface area contributed by atoms with Crippen molar-refractivity contribution >= 4 is 24.2 Å². The van der Waals surface area contributed by atoms with Gasteiger partial charge in [-0.3, -0.25) is 9.59 Å². The second-order valence-electron chi connectivity index (χ2n) is 3.67. The van der Waals surface area contributed by atoms with Gasteiger partial charge in [0, 0.05) is 6.54 Å². The summed E-state index contributed by atoms with van der Waals surface area (Å²) < 4.78 is 0. The van der Waals surface area contributed by atoms with Gasteiger partial charge < -0.3 is 16.0 Å². The van der Waals surface area contributed by atoms with Crippen molar-refractivity contribution in [2.45, 2.75) is 32.2 Å². The quantitative estimate of drug-likeness (QED) is 0.647. The van der Waals surface area contributed by atoms with Gasteiger partial charge in [0.15, 0.2) is 0 Å². The Morgan fingerprint density at radius 1 is 1.31 bits per heavy atom. The highest BCUT2D eigenvalue weighted by molar-refractivity contribution is 5.87. The van der Waals surface area contributed by atoms with Crippen LogP contribution in [0.25, 0.3) is 0 Å². The molecule has 94 valence electrons. The van der Waals surface area contributed by atoms with Crippen molar-refractivity contribution in [1.82, 2.24) is 16.0 Å². The first kappa shape index (κ1) is 15.2. The number of piperidine rings is 1. The van der Waals surface area contributed by atoms with Crippen molar-refractivity contribution in [3.63, 3.8) is 0 Å². The second kappa shape index (κ2) is 8.35. The Labute approximate surface area is 102 Å². The Morgan fingerprint density at radius 2 is 2.06 bits per heavy atom. The van der Waals surface area contributed by atoms with Crippen LogP contribution in [0.4, 0.5) is 0 Å². The van der Waals surface area contributed by atoms with E-state index in [1.54, 1.807) is 0 Å². The number of hydrogen-bond donors (Lipinski definition) is 3. The molecule has 5 nitrogen and oxygen atoms in total. The zero-order valence-electron chi connectivity index (χ0n) is 9.54. The van der Waals surface area contributed by atoms with Gasteiger partial charge in [-0.2, -0.15) is 0 Å². The smallest absolute Gasteiger partial charge is 0.239 e. The summed E-state index contributed by atoms with van der Waals surface area (Å²) in [5.74, 6) is -0.206. The number of likely N-dealkylation sites (N-methyl/N-ethyl adjacent to an activating group) is 1. The lowest BCUT2D eigenvalue weighted by Crippen LogP contribution is -2.48. The van der Waals surface area contributed by atoms with Crippen LogP contribution in [-0.4, -0.2) is 37.5 Å². The van der Waals surface area contributed by atoms with E-state index in [-0.39, 0.29) is 36.8 Å². The van der Waals surface area contributed by atoms with Gasteiger partial charge in [0.25, 0.3) is 0 Å². The predicted molar refractivity (Wildman–Crippen MR) is 64.6 cm³/mol. The second-order valence-corrected chi connectivity index (χ2v) is 3.67. The van der Waals surface area contributed by atoms with E-state index in [4.69, 9.17) is 0 Å².